The van der Waals surface area contributed by atoms with Crippen LogP contribution in [0.3, 0.4) is 0 Å². The number of carbonyl (C=O) groups excluding carboxylic acids is 1. The maximum absolute atomic E-state index is 15.2. The van der Waals surface area contributed by atoms with Crippen molar-refractivity contribution in [1.82, 2.24) is 19.9 Å². The molecule has 3 aliphatic rings. The molecule has 0 spiro atoms. The summed E-state index contributed by atoms with van der Waals surface area (Å²) in [4.78, 5) is 29.6. The minimum absolute atomic E-state index is 0.0410. The predicted molar refractivity (Wildman–Crippen MR) is 133 cm³/mol. The summed E-state index contributed by atoms with van der Waals surface area (Å²) >= 11 is 6.29. The molecule has 5 heterocycles. The highest BCUT2D eigenvalue weighted by atomic mass is 35.5. The summed E-state index contributed by atoms with van der Waals surface area (Å²) in [6.07, 6.45) is 3.65. The Morgan fingerprint density at radius 2 is 2.11 bits per heavy atom. The summed E-state index contributed by atoms with van der Waals surface area (Å²) in [7, 11) is 0. The number of ether oxygens (including phenoxy) is 2. The van der Waals surface area contributed by atoms with Crippen LogP contribution in [-0.4, -0.2) is 69.7 Å². The van der Waals surface area contributed by atoms with Crippen LogP contribution in [-0.2, 0) is 9.53 Å². The first-order valence-corrected chi connectivity index (χ1v) is 12.1. The molecule has 186 valence electrons. The normalized spacial score (nSPS) is 22.0. The van der Waals surface area contributed by atoms with E-state index >= 15 is 4.39 Å². The van der Waals surface area contributed by atoms with Crippen LogP contribution < -0.4 is 15.0 Å². The molecule has 36 heavy (non-hydrogen) atoms. The Kier molecular flexibility index (Phi) is 5.45. The topological polar surface area (TPSA) is 92.7 Å². The van der Waals surface area contributed by atoms with Crippen LogP contribution in [0.15, 0.2) is 43.2 Å². The van der Waals surface area contributed by atoms with Crippen LogP contribution in [0.1, 0.15) is 13.3 Å². The van der Waals surface area contributed by atoms with Crippen molar-refractivity contribution in [3.8, 4) is 5.75 Å². The van der Waals surface area contributed by atoms with Gasteiger partial charge < -0.3 is 24.6 Å². The zero-order valence-electron chi connectivity index (χ0n) is 19.6. The third kappa shape index (κ3) is 3.81. The molecule has 3 saturated heterocycles. The maximum Gasteiger partial charge on any atom is 0.246 e. The average Bonchev–Trinajstić information content (AvgIpc) is 3.48. The van der Waals surface area contributed by atoms with Crippen molar-refractivity contribution in [3.63, 3.8) is 0 Å². The molecular weight excluding hydrogens is 487 g/mol. The summed E-state index contributed by atoms with van der Waals surface area (Å²) in [5.41, 5.74) is 0.757. The van der Waals surface area contributed by atoms with Crippen molar-refractivity contribution in [2.45, 2.75) is 31.0 Å². The van der Waals surface area contributed by atoms with Gasteiger partial charge in [0, 0.05) is 13.1 Å². The third-order valence-corrected chi connectivity index (χ3v) is 7.28. The minimum atomic E-state index is -0.648. The molecule has 6 rings (SSSR count). The van der Waals surface area contributed by atoms with Crippen molar-refractivity contribution >= 4 is 45.9 Å². The molecule has 3 aliphatic heterocycles. The van der Waals surface area contributed by atoms with Gasteiger partial charge >= 0.3 is 0 Å². The van der Waals surface area contributed by atoms with E-state index < -0.39 is 11.4 Å². The van der Waals surface area contributed by atoms with Crippen LogP contribution >= 0.6 is 11.6 Å². The molecule has 0 aliphatic carbocycles. The SMILES string of the molecule is C=CC(=O)N1C[C@@H]2C[C@H]1CN2c1ccc2ncnc(Nc3ccc(OC4(C)COC4)c(Cl)c3F)c2n1. The van der Waals surface area contributed by atoms with E-state index in [2.05, 4.69) is 26.8 Å². The van der Waals surface area contributed by atoms with Gasteiger partial charge in [0.25, 0.3) is 0 Å². The Morgan fingerprint density at radius 3 is 2.81 bits per heavy atom. The predicted octanol–water partition coefficient (Wildman–Crippen LogP) is 3.70. The van der Waals surface area contributed by atoms with Crippen molar-refractivity contribution in [1.29, 1.82) is 0 Å². The molecule has 11 heteroatoms. The molecule has 2 atom stereocenters. The van der Waals surface area contributed by atoms with Gasteiger partial charge in [-0.2, -0.15) is 0 Å². The molecule has 0 unspecified atom stereocenters. The maximum atomic E-state index is 15.2. The number of amides is 1. The van der Waals surface area contributed by atoms with Gasteiger partial charge in [0.05, 0.1) is 36.5 Å². The number of carbonyl (C=O) groups is 1. The van der Waals surface area contributed by atoms with Gasteiger partial charge in [-0.25, -0.2) is 19.3 Å². The van der Waals surface area contributed by atoms with Crippen LogP contribution in [0.2, 0.25) is 5.02 Å². The third-order valence-electron chi connectivity index (χ3n) is 6.93. The first kappa shape index (κ1) is 22.9. The lowest BCUT2D eigenvalue weighted by Crippen LogP contribution is -2.51. The van der Waals surface area contributed by atoms with E-state index in [1.807, 2.05) is 24.0 Å². The average molecular weight is 511 g/mol. The van der Waals surface area contributed by atoms with Crippen molar-refractivity contribution in [2.75, 3.05) is 36.5 Å². The second kappa shape index (κ2) is 8.56. The fourth-order valence-corrected chi connectivity index (χ4v) is 5.27. The largest absolute Gasteiger partial charge is 0.481 e. The molecular formula is C25H24ClFN6O3. The fraction of sp³-hybridized carbons (Fsp3) is 0.360. The number of hydrogen-bond donors (Lipinski definition) is 1. The van der Waals surface area contributed by atoms with E-state index in [0.717, 1.165) is 12.2 Å². The van der Waals surface area contributed by atoms with Gasteiger partial charge in [-0.05, 0) is 43.7 Å². The zero-order chi connectivity index (χ0) is 25.0. The number of nitrogens with one attached hydrogen (secondary N) is 1. The number of pyridine rings is 1. The highest BCUT2D eigenvalue weighted by molar-refractivity contribution is 6.32. The van der Waals surface area contributed by atoms with Crippen molar-refractivity contribution in [3.05, 3.63) is 54.1 Å². The van der Waals surface area contributed by atoms with Crippen LogP contribution in [0.4, 0.5) is 21.7 Å². The first-order valence-electron chi connectivity index (χ1n) is 11.7. The Bertz CT molecular complexity index is 1380. The molecule has 9 nitrogen and oxygen atoms in total. The highest BCUT2D eigenvalue weighted by Gasteiger charge is 2.45. The van der Waals surface area contributed by atoms with E-state index in [4.69, 9.17) is 26.1 Å². The molecule has 2 bridgehead atoms. The smallest absolute Gasteiger partial charge is 0.246 e. The molecule has 1 amide bonds. The van der Waals surface area contributed by atoms with Gasteiger partial charge in [0.2, 0.25) is 5.91 Å². The monoisotopic (exact) mass is 510 g/mol. The van der Waals surface area contributed by atoms with E-state index in [1.165, 1.54) is 12.4 Å². The number of anilines is 3. The summed E-state index contributed by atoms with van der Waals surface area (Å²) in [5, 5.41) is 2.90. The number of rotatable bonds is 6. The number of piperazine rings is 1. The van der Waals surface area contributed by atoms with Crippen LogP contribution in [0.5, 0.6) is 5.75 Å². The van der Waals surface area contributed by atoms with Crippen molar-refractivity contribution < 1.29 is 18.7 Å². The van der Waals surface area contributed by atoms with Crippen LogP contribution in [0.25, 0.3) is 11.0 Å². The number of benzene rings is 1. The van der Waals surface area contributed by atoms with Gasteiger partial charge in [-0.3, -0.25) is 4.79 Å². The Labute approximate surface area is 211 Å². The number of halogens is 2. The number of likely N-dealkylation sites (tertiary alicyclic amines) is 1. The molecule has 1 N–H and O–H groups in total. The second-order valence-corrected chi connectivity index (χ2v) is 9.94. The minimum Gasteiger partial charge on any atom is -0.481 e. The lowest BCUT2D eigenvalue weighted by molar-refractivity contribution is -0.149. The Morgan fingerprint density at radius 1 is 1.28 bits per heavy atom. The first-order chi connectivity index (χ1) is 17.3. The van der Waals surface area contributed by atoms with E-state index in [0.29, 0.717) is 43.2 Å². The van der Waals surface area contributed by atoms with E-state index in [-0.39, 0.29) is 34.5 Å². The van der Waals surface area contributed by atoms with E-state index in [1.54, 1.807) is 12.1 Å². The van der Waals surface area contributed by atoms with Gasteiger partial charge in [0.15, 0.2) is 17.2 Å². The van der Waals surface area contributed by atoms with E-state index in [9.17, 15) is 4.79 Å². The molecule has 1 aromatic carbocycles. The zero-order valence-corrected chi connectivity index (χ0v) is 20.3. The summed E-state index contributed by atoms with van der Waals surface area (Å²) in [6, 6.07) is 7.27. The molecule has 2 aromatic heterocycles. The lowest BCUT2D eigenvalue weighted by Gasteiger charge is -2.38. The molecule has 3 aromatic rings. The number of aromatic nitrogens is 3. The van der Waals surface area contributed by atoms with Gasteiger partial charge in [-0.15, -0.1) is 0 Å². The summed E-state index contributed by atoms with van der Waals surface area (Å²) in [5.74, 6) is 0.687. The number of fused-ring (bicyclic) bond motifs is 3. The molecule has 3 fully saturated rings. The second-order valence-electron chi connectivity index (χ2n) is 9.56. The lowest BCUT2D eigenvalue weighted by atomic mass is 10.1. The number of hydrogen-bond acceptors (Lipinski definition) is 8. The van der Waals surface area contributed by atoms with Gasteiger partial charge in [-0.1, -0.05) is 18.2 Å². The van der Waals surface area contributed by atoms with Crippen LogP contribution in [0, 0.1) is 5.82 Å². The van der Waals surface area contributed by atoms with Gasteiger partial charge in [0.1, 0.15) is 28.4 Å². The molecule has 0 saturated carbocycles. The number of nitrogens with zero attached hydrogens (tertiary/aromatic N) is 5. The Balaban J connectivity index is 1.27. The quantitative estimate of drug-likeness (QED) is 0.502. The van der Waals surface area contributed by atoms with Crippen molar-refractivity contribution in [2.24, 2.45) is 0 Å². The Hall–Kier alpha value is -3.50. The fourth-order valence-electron chi connectivity index (χ4n) is 5.06. The summed E-state index contributed by atoms with van der Waals surface area (Å²) in [6.45, 7) is 7.65. The summed E-state index contributed by atoms with van der Waals surface area (Å²) < 4.78 is 26.2. The highest BCUT2D eigenvalue weighted by Crippen LogP contribution is 2.38. The standard InChI is InChI=1S/C25H24ClFN6O3/c1-3-20(34)33-10-14-8-15(33)9-32(14)19-7-5-17-23(31-19)24(29-13-28-17)30-16-4-6-18(21(26)22(16)27)36-25(2)11-35-12-25/h3-7,13-15H,1,8-12H2,2H3,(H,28,29,30)/t14-,15-/m0/s1. The molecule has 0 radical (unpaired) electrons.